The van der Waals surface area contributed by atoms with Crippen LogP contribution in [0.25, 0.3) is 0 Å². The Morgan fingerprint density at radius 2 is 2.00 bits per heavy atom. The molecule has 2 aromatic heterocycles. The van der Waals surface area contributed by atoms with Gasteiger partial charge in [-0.25, -0.2) is 9.97 Å². The third-order valence-electron chi connectivity index (χ3n) is 3.12. The van der Waals surface area contributed by atoms with Crippen molar-refractivity contribution in [1.82, 2.24) is 9.97 Å². The van der Waals surface area contributed by atoms with Gasteiger partial charge >= 0.3 is 5.97 Å². The molecule has 25 heavy (non-hydrogen) atoms. The molecule has 0 unspecified atom stereocenters. The van der Waals surface area contributed by atoms with Crippen LogP contribution in [0.5, 0.6) is 5.75 Å². The van der Waals surface area contributed by atoms with Crippen LogP contribution in [-0.2, 0) is 17.8 Å². The van der Waals surface area contributed by atoms with E-state index in [1.165, 1.54) is 11.3 Å². The number of aromatic nitrogens is 2. The first-order valence-electron chi connectivity index (χ1n) is 7.25. The molecule has 0 saturated heterocycles. The fourth-order valence-corrected chi connectivity index (χ4v) is 2.75. The number of pyridine rings is 1. The minimum atomic E-state index is -0.906. The van der Waals surface area contributed by atoms with E-state index in [4.69, 9.17) is 9.84 Å². The predicted molar refractivity (Wildman–Crippen MR) is 99.0 cm³/mol. The summed E-state index contributed by atoms with van der Waals surface area (Å²) in [5.74, 6) is 0.248. The Labute approximate surface area is 154 Å². The number of carboxylic acids is 1. The van der Waals surface area contributed by atoms with E-state index in [9.17, 15) is 4.79 Å². The van der Waals surface area contributed by atoms with Crippen molar-refractivity contribution >= 4 is 40.7 Å². The molecule has 3 rings (SSSR count). The Hall–Kier alpha value is -2.64. The van der Waals surface area contributed by atoms with Gasteiger partial charge in [-0.3, -0.25) is 4.79 Å². The van der Waals surface area contributed by atoms with Gasteiger partial charge in [0.2, 0.25) is 0 Å². The standard InChI is InChI=1S/C17H15N3O3S.ClH/c21-15(22)9-13-11-24-17(19-13)20-16-14(7-4-8-18-16)23-10-12-5-2-1-3-6-12;/h1-8,11H,9-10H2,(H,21,22)(H,18,19,20);1H. The van der Waals surface area contributed by atoms with Crippen molar-refractivity contribution in [1.29, 1.82) is 0 Å². The Kier molecular flexibility index (Phi) is 6.73. The Bertz CT molecular complexity index is 827. The summed E-state index contributed by atoms with van der Waals surface area (Å²) in [6.45, 7) is 0.434. The highest BCUT2D eigenvalue weighted by atomic mass is 35.5. The summed E-state index contributed by atoms with van der Waals surface area (Å²) in [4.78, 5) is 19.2. The highest BCUT2D eigenvalue weighted by molar-refractivity contribution is 7.13. The summed E-state index contributed by atoms with van der Waals surface area (Å²) >= 11 is 1.33. The van der Waals surface area contributed by atoms with Crippen LogP contribution in [0.15, 0.2) is 54.0 Å². The SMILES string of the molecule is Cl.O=C(O)Cc1csc(Nc2ncccc2OCc2ccccc2)n1. The summed E-state index contributed by atoms with van der Waals surface area (Å²) < 4.78 is 5.82. The van der Waals surface area contributed by atoms with Gasteiger partial charge in [-0.15, -0.1) is 23.7 Å². The van der Waals surface area contributed by atoms with E-state index < -0.39 is 5.97 Å². The largest absolute Gasteiger partial charge is 0.485 e. The number of benzene rings is 1. The van der Waals surface area contributed by atoms with Gasteiger partial charge in [0, 0.05) is 11.6 Å². The number of halogens is 1. The smallest absolute Gasteiger partial charge is 0.309 e. The van der Waals surface area contributed by atoms with Crippen molar-refractivity contribution in [3.8, 4) is 5.75 Å². The lowest BCUT2D eigenvalue weighted by Crippen LogP contribution is -2.02. The number of ether oxygens (including phenoxy) is 1. The molecule has 0 spiro atoms. The fraction of sp³-hybridized carbons (Fsp3) is 0.118. The van der Waals surface area contributed by atoms with Crippen LogP contribution in [0.2, 0.25) is 0 Å². The third-order valence-corrected chi connectivity index (χ3v) is 3.92. The maximum atomic E-state index is 10.7. The van der Waals surface area contributed by atoms with E-state index >= 15 is 0 Å². The number of aliphatic carboxylic acids is 1. The third kappa shape index (κ3) is 5.44. The van der Waals surface area contributed by atoms with Crippen LogP contribution < -0.4 is 10.1 Å². The number of rotatable bonds is 7. The van der Waals surface area contributed by atoms with Crippen molar-refractivity contribution in [2.24, 2.45) is 0 Å². The second-order valence-corrected chi connectivity index (χ2v) is 5.82. The van der Waals surface area contributed by atoms with Gasteiger partial charge in [-0.05, 0) is 17.7 Å². The molecule has 0 aliphatic rings. The number of hydrogen-bond donors (Lipinski definition) is 2. The second kappa shape index (κ2) is 9.00. The number of anilines is 2. The summed E-state index contributed by atoms with van der Waals surface area (Å²) in [6, 6.07) is 13.5. The molecular formula is C17H16ClN3O3S. The number of carbonyl (C=O) groups is 1. The van der Waals surface area contributed by atoms with Crippen LogP contribution in [0, 0.1) is 0 Å². The van der Waals surface area contributed by atoms with Gasteiger partial charge in [0.15, 0.2) is 16.7 Å². The van der Waals surface area contributed by atoms with Crippen LogP contribution in [-0.4, -0.2) is 21.0 Å². The molecule has 2 heterocycles. The Morgan fingerprint density at radius 3 is 2.76 bits per heavy atom. The van der Waals surface area contributed by atoms with Crippen molar-refractivity contribution in [2.45, 2.75) is 13.0 Å². The average Bonchev–Trinajstić information content (AvgIpc) is 3.01. The molecule has 6 nitrogen and oxygen atoms in total. The van der Waals surface area contributed by atoms with Crippen LogP contribution in [0.3, 0.4) is 0 Å². The first-order valence-corrected chi connectivity index (χ1v) is 8.13. The Morgan fingerprint density at radius 1 is 1.20 bits per heavy atom. The van der Waals surface area contributed by atoms with Gasteiger partial charge < -0.3 is 15.2 Å². The van der Waals surface area contributed by atoms with E-state index in [1.807, 2.05) is 36.4 Å². The monoisotopic (exact) mass is 377 g/mol. The predicted octanol–water partition coefficient (Wildman–Crippen LogP) is 3.91. The van der Waals surface area contributed by atoms with E-state index in [-0.39, 0.29) is 18.8 Å². The Balaban J connectivity index is 0.00000225. The summed E-state index contributed by atoms with van der Waals surface area (Å²) in [5.41, 5.74) is 1.57. The lowest BCUT2D eigenvalue weighted by Gasteiger charge is -2.10. The van der Waals surface area contributed by atoms with Gasteiger partial charge in [0.05, 0.1) is 12.1 Å². The minimum Gasteiger partial charge on any atom is -0.485 e. The lowest BCUT2D eigenvalue weighted by atomic mass is 10.2. The first kappa shape index (κ1) is 18.7. The normalized spacial score (nSPS) is 9.92. The molecule has 1 aromatic carbocycles. The lowest BCUT2D eigenvalue weighted by molar-refractivity contribution is -0.136. The number of hydrogen-bond acceptors (Lipinski definition) is 6. The number of carboxylic acid groups (broad SMARTS) is 1. The molecule has 0 amide bonds. The van der Waals surface area contributed by atoms with Gasteiger partial charge in [-0.1, -0.05) is 30.3 Å². The molecule has 2 N–H and O–H groups in total. The van der Waals surface area contributed by atoms with E-state index in [0.29, 0.717) is 29.0 Å². The molecular weight excluding hydrogens is 362 g/mol. The van der Waals surface area contributed by atoms with Crippen LogP contribution >= 0.6 is 23.7 Å². The number of nitrogens with zero attached hydrogens (tertiary/aromatic N) is 2. The van der Waals surface area contributed by atoms with Crippen LogP contribution in [0.1, 0.15) is 11.3 Å². The molecule has 0 aliphatic carbocycles. The van der Waals surface area contributed by atoms with E-state index in [0.717, 1.165) is 5.56 Å². The average molecular weight is 378 g/mol. The number of nitrogens with one attached hydrogen (secondary N) is 1. The first-order chi connectivity index (χ1) is 11.7. The minimum absolute atomic E-state index is 0. The molecule has 0 saturated carbocycles. The summed E-state index contributed by atoms with van der Waals surface area (Å²) in [5, 5.41) is 14.2. The molecule has 3 aromatic rings. The maximum Gasteiger partial charge on any atom is 0.309 e. The van der Waals surface area contributed by atoms with Gasteiger partial charge in [0.1, 0.15) is 6.61 Å². The quantitative estimate of drug-likeness (QED) is 0.649. The van der Waals surface area contributed by atoms with Gasteiger partial charge in [-0.2, -0.15) is 0 Å². The molecule has 0 bridgehead atoms. The zero-order valence-electron chi connectivity index (χ0n) is 13.1. The zero-order chi connectivity index (χ0) is 16.8. The summed E-state index contributed by atoms with van der Waals surface area (Å²) in [7, 11) is 0. The number of thiazole rings is 1. The molecule has 130 valence electrons. The molecule has 8 heteroatoms. The van der Waals surface area contributed by atoms with E-state index in [1.54, 1.807) is 17.6 Å². The van der Waals surface area contributed by atoms with Crippen molar-refractivity contribution in [3.63, 3.8) is 0 Å². The maximum absolute atomic E-state index is 10.7. The molecule has 0 aliphatic heterocycles. The van der Waals surface area contributed by atoms with E-state index in [2.05, 4.69) is 15.3 Å². The molecule has 0 fully saturated rings. The second-order valence-electron chi connectivity index (χ2n) is 4.96. The topological polar surface area (TPSA) is 84.3 Å². The zero-order valence-corrected chi connectivity index (χ0v) is 14.7. The van der Waals surface area contributed by atoms with Crippen molar-refractivity contribution in [3.05, 3.63) is 65.3 Å². The fourth-order valence-electron chi connectivity index (χ4n) is 2.04. The summed E-state index contributed by atoms with van der Waals surface area (Å²) in [6.07, 6.45) is 1.56. The highest BCUT2D eigenvalue weighted by Gasteiger charge is 2.10. The van der Waals surface area contributed by atoms with Crippen molar-refractivity contribution in [2.75, 3.05) is 5.32 Å². The highest BCUT2D eigenvalue weighted by Crippen LogP contribution is 2.27. The van der Waals surface area contributed by atoms with Gasteiger partial charge in [0.25, 0.3) is 0 Å². The molecule has 0 radical (unpaired) electrons. The van der Waals surface area contributed by atoms with Crippen molar-refractivity contribution < 1.29 is 14.6 Å². The molecule has 0 atom stereocenters. The van der Waals surface area contributed by atoms with Crippen LogP contribution in [0.4, 0.5) is 10.9 Å².